The number of fused-ring (bicyclic) bond motifs is 1. The number of aliphatic hydroxyl groups is 2. The van der Waals surface area contributed by atoms with Crippen LogP contribution < -0.4 is 10.4 Å². The van der Waals surface area contributed by atoms with Gasteiger partial charge in [-0.15, -0.1) is 0 Å². The zero-order valence-corrected chi connectivity index (χ0v) is 17.3. The number of hydrogen-bond acceptors (Lipinski definition) is 6. The van der Waals surface area contributed by atoms with Gasteiger partial charge in [-0.05, 0) is 45.7 Å². The van der Waals surface area contributed by atoms with Crippen molar-refractivity contribution in [3.63, 3.8) is 0 Å². The number of benzene rings is 1. The Labute approximate surface area is 170 Å². The number of hydrogen-bond donors (Lipinski definition) is 3. The second-order valence-electron chi connectivity index (χ2n) is 7.40. The fourth-order valence-corrected chi connectivity index (χ4v) is 2.88. The Kier molecular flexibility index (Phi) is 8.49. The molecule has 2 rings (SSSR count). The van der Waals surface area contributed by atoms with E-state index in [1.165, 1.54) is 5.57 Å². The molecule has 2 aromatic rings. The molecule has 158 valence electrons. The first-order valence-corrected chi connectivity index (χ1v) is 9.81. The molecular weight excluding hydrogens is 372 g/mol. The van der Waals surface area contributed by atoms with Crippen LogP contribution in [0.2, 0.25) is 0 Å². The molecule has 0 aliphatic rings. The molecule has 0 aliphatic heterocycles. The zero-order chi connectivity index (χ0) is 21.4. The van der Waals surface area contributed by atoms with E-state index in [1.54, 1.807) is 18.2 Å². The Balaban J connectivity index is 2.22. The lowest BCUT2D eigenvalue weighted by atomic mass is 10.1. The Morgan fingerprint density at radius 3 is 2.69 bits per heavy atom. The molecule has 0 amide bonds. The number of aliphatic hydroxyl groups excluding tert-OH is 2. The van der Waals surface area contributed by atoms with Gasteiger partial charge in [-0.2, -0.15) is 0 Å². The van der Waals surface area contributed by atoms with Crippen molar-refractivity contribution >= 4 is 11.0 Å². The van der Waals surface area contributed by atoms with E-state index in [2.05, 4.69) is 19.9 Å². The maximum absolute atomic E-state index is 12.5. The molecule has 1 aromatic heterocycles. The van der Waals surface area contributed by atoms with E-state index < -0.39 is 11.7 Å². The molecule has 0 radical (unpaired) electrons. The highest BCUT2D eigenvalue weighted by atomic mass is 16.5. The normalized spacial score (nSPS) is 12.8. The molecule has 6 heteroatoms. The molecular formula is C23H30O6. The van der Waals surface area contributed by atoms with Gasteiger partial charge in [-0.25, -0.2) is 4.79 Å². The summed E-state index contributed by atoms with van der Waals surface area (Å²) < 4.78 is 11.0. The Hall–Kier alpha value is -2.57. The van der Waals surface area contributed by atoms with Gasteiger partial charge in [0.2, 0.25) is 0 Å². The highest BCUT2D eigenvalue weighted by Gasteiger charge is 2.16. The van der Waals surface area contributed by atoms with Crippen molar-refractivity contribution in [2.75, 3.05) is 13.2 Å². The maximum Gasteiger partial charge on any atom is 0.343 e. The average Bonchev–Trinajstić information content (AvgIpc) is 2.67. The fourth-order valence-electron chi connectivity index (χ4n) is 2.88. The van der Waals surface area contributed by atoms with Crippen LogP contribution in [0.5, 0.6) is 11.5 Å². The van der Waals surface area contributed by atoms with E-state index in [-0.39, 0.29) is 36.5 Å². The predicted molar refractivity (Wildman–Crippen MR) is 113 cm³/mol. The molecule has 6 nitrogen and oxygen atoms in total. The van der Waals surface area contributed by atoms with Crippen LogP contribution in [0.1, 0.15) is 45.6 Å². The van der Waals surface area contributed by atoms with Crippen LogP contribution in [0.15, 0.2) is 50.7 Å². The van der Waals surface area contributed by atoms with Crippen LogP contribution in [0, 0.1) is 0 Å². The van der Waals surface area contributed by atoms with Crippen LogP contribution in [0.4, 0.5) is 0 Å². The summed E-state index contributed by atoms with van der Waals surface area (Å²) in [7, 11) is 0. The summed E-state index contributed by atoms with van der Waals surface area (Å²) in [6.07, 6.45) is 5.59. The van der Waals surface area contributed by atoms with Crippen LogP contribution in [-0.4, -0.2) is 34.6 Å². The predicted octanol–water partition coefficient (Wildman–Crippen LogP) is 3.86. The van der Waals surface area contributed by atoms with Crippen molar-refractivity contribution in [3.05, 3.63) is 57.5 Å². The van der Waals surface area contributed by atoms with Crippen molar-refractivity contribution in [1.82, 2.24) is 0 Å². The molecule has 0 fully saturated rings. The van der Waals surface area contributed by atoms with Gasteiger partial charge < -0.3 is 24.5 Å². The molecule has 29 heavy (non-hydrogen) atoms. The number of para-hydroxylation sites is 1. The minimum atomic E-state index is -0.872. The molecule has 1 unspecified atom stereocenters. The molecule has 0 spiro atoms. The van der Waals surface area contributed by atoms with Crippen LogP contribution in [0.25, 0.3) is 11.0 Å². The van der Waals surface area contributed by atoms with Gasteiger partial charge in [0, 0.05) is 12.8 Å². The number of rotatable bonds is 10. The molecule has 0 aliphatic carbocycles. The van der Waals surface area contributed by atoms with Crippen molar-refractivity contribution in [2.45, 2.75) is 52.6 Å². The van der Waals surface area contributed by atoms with Gasteiger partial charge in [0.05, 0.1) is 30.3 Å². The number of allylic oxidation sites excluding steroid dienone is 4. The molecule has 1 atom stereocenters. The Morgan fingerprint density at radius 2 is 2.00 bits per heavy atom. The first-order valence-electron chi connectivity index (χ1n) is 9.81. The largest absolute Gasteiger partial charge is 0.507 e. The third kappa shape index (κ3) is 6.48. The van der Waals surface area contributed by atoms with Crippen molar-refractivity contribution in [1.29, 1.82) is 0 Å². The van der Waals surface area contributed by atoms with Crippen molar-refractivity contribution in [2.24, 2.45) is 0 Å². The highest BCUT2D eigenvalue weighted by Crippen LogP contribution is 2.32. The monoisotopic (exact) mass is 402 g/mol. The van der Waals surface area contributed by atoms with E-state index in [1.807, 2.05) is 13.0 Å². The Morgan fingerprint density at radius 1 is 1.24 bits per heavy atom. The summed E-state index contributed by atoms with van der Waals surface area (Å²) in [6.45, 7) is 5.92. The van der Waals surface area contributed by atoms with Crippen LogP contribution in [-0.2, 0) is 6.42 Å². The van der Waals surface area contributed by atoms with E-state index in [0.29, 0.717) is 17.6 Å². The molecule has 1 heterocycles. The number of aromatic hydroxyl groups is 1. The fraction of sp³-hybridized carbons (Fsp3) is 0.435. The van der Waals surface area contributed by atoms with E-state index >= 15 is 0 Å². The standard InChI is InChI=1S/C23H30O6/c1-15(2)6-4-7-16(3)10-11-19-21(26)18-8-5-9-20(22(18)29-23(19)27)28-13-12-17(25)14-24/h5-6,8-10,17,24-26H,4,7,11-14H2,1-3H3/b16-10+. The molecule has 0 bridgehead atoms. The average molecular weight is 402 g/mol. The SMILES string of the molecule is CC(C)=CCC/C(C)=C/Cc1c(O)c2cccc(OCCC(O)CO)c2oc1=O. The topological polar surface area (TPSA) is 100 Å². The third-order valence-corrected chi connectivity index (χ3v) is 4.63. The molecule has 1 aromatic carbocycles. The highest BCUT2D eigenvalue weighted by molar-refractivity contribution is 5.88. The summed E-state index contributed by atoms with van der Waals surface area (Å²) in [5, 5.41) is 29.3. The summed E-state index contributed by atoms with van der Waals surface area (Å²) in [5.74, 6) is 0.200. The van der Waals surface area contributed by atoms with Crippen LogP contribution >= 0.6 is 0 Å². The minimum absolute atomic E-state index is 0.106. The third-order valence-electron chi connectivity index (χ3n) is 4.63. The lowest BCUT2D eigenvalue weighted by Gasteiger charge is -2.12. The van der Waals surface area contributed by atoms with Gasteiger partial charge in [0.25, 0.3) is 0 Å². The van der Waals surface area contributed by atoms with E-state index in [9.17, 15) is 15.0 Å². The van der Waals surface area contributed by atoms with Gasteiger partial charge in [-0.1, -0.05) is 29.4 Å². The molecule has 0 saturated carbocycles. The molecule has 0 saturated heterocycles. The van der Waals surface area contributed by atoms with Crippen LogP contribution in [0.3, 0.4) is 0 Å². The van der Waals surface area contributed by atoms with Crippen molar-refractivity contribution < 1.29 is 24.5 Å². The summed E-state index contributed by atoms with van der Waals surface area (Å²) in [6, 6.07) is 4.99. The maximum atomic E-state index is 12.5. The Bertz CT molecular complexity index is 934. The summed E-state index contributed by atoms with van der Waals surface area (Å²) in [4.78, 5) is 12.5. The van der Waals surface area contributed by atoms with Gasteiger partial charge in [0.15, 0.2) is 11.3 Å². The second-order valence-corrected chi connectivity index (χ2v) is 7.40. The smallest absolute Gasteiger partial charge is 0.343 e. The quantitative estimate of drug-likeness (QED) is 0.412. The second kappa shape index (κ2) is 10.8. The van der Waals surface area contributed by atoms with Crippen molar-refractivity contribution in [3.8, 4) is 11.5 Å². The molecule has 3 N–H and O–H groups in total. The zero-order valence-electron chi connectivity index (χ0n) is 17.3. The summed E-state index contributed by atoms with van der Waals surface area (Å²) in [5.41, 5.74) is 2.19. The minimum Gasteiger partial charge on any atom is -0.507 e. The number of ether oxygens (including phenoxy) is 1. The summed E-state index contributed by atoms with van der Waals surface area (Å²) >= 11 is 0. The van der Waals surface area contributed by atoms with E-state index in [0.717, 1.165) is 18.4 Å². The first kappa shape index (κ1) is 22.7. The van der Waals surface area contributed by atoms with E-state index in [4.69, 9.17) is 14.3 Å². The van der Waals surface area contributed by atoms with Gasteiger partial charge in [-0.3, -0.25) is 0 Å². The lowest BCUT2D eigenvalue weighted by Crippen LogP contribution is -2.16. The van der Waals surface area contributed by atoms with Gasteiger partial charge >= 0.3 is 5.63 Å². The van der Waals surface area contributed by atoms with Gasteiger partial charge in [0.1, 0.15) is 5.75 Å². The first-order chi connectivity index (χ1) is 13.8. The lowest BCUT2D eigenvalue weighted by molar-refractivity contribution is 0.0754.